The van der Waals surface area contributed by atoms with Gasteiger partial charge in [-0.25, -0.2) is 9.59 Å². The number of cyclic esters (lactones) is 1. The first-order chi connectivity index (χ1) is 9.16. The van der Waals surface area contributed by atoms with Gasteiger partial charge in [0.1, 0.15) is 0 Å². The molecular formula is C15H10O4. The summed E-state index contributed by atoms with van der Waals surface area (Å²) in [7, 11) is 0. The highest BCUT2D eigenvalue weighted by Crippen LogP contribution is 2.33. The van der Waals surface area contributed by atoms with Gasteiger partial charge in [0.25, 0.3) is 0 Å². The van der Waals surface area contributed by atoms with Crippen LogP contribution in [0.4, 0.5) is 0 Å². The minimum Gasteiger partial charge on any atom is -0.478 e. The van der Waals surface area contributed by atoms with Gasteiger partial charge in [0.15, 0.2) is 0 Å². The lowest BCUT2D eigenvalue weighted by atomic mass is 9.98. The Labute approximate surface area is 109 Å². The molecule has 1 aliphatic rings. The summed E-state index contributed by atoms with van der Waals surface area (Å²) in [5.74, 6) is -1.74. The predicted octanol–water partition coefficient (Wildman–Crippen LogP) is 2.65. The van der Waals surface area contributed by atoms with E-state index in [1.54, 1.807) is 18.2 Å². The lowest BCUT2D eigenvalue weighted by Gasteiger charge is -2.05. The monoisotopic (exact) mass is 254 g/mol. The van der Waals surface area contributed by atoms with Gasteiger partial charge in [0.2, 0.25) is 6.10 Å². The van der Waals surface area contributed by atoms with Gasteiger partial charge in [-0.05, 0) is 17.2 Å². The summed E-state index contributed by atoms with van der Waals surface area (Å²) >= 11 is 0. The van der Waals surface area contributed by atoms with Crippen molar-refractivity contribution in [3.05, 3.63) is 59.7 Å². The number of hydrogen-bond acceptors (Lipinski definition) is 3. The van der Waals surface area contributed by atoms with Gasteiger partial charge in [0, 0.05) is 5.56 Å². The quantitative estimate of drug-likeness (QED) is 0.837. The van der Waals surface area contributed by atoms with Crippen LogP contribution in [-0.4, -0.2) is 17.0 Å². The van der Waals surface area contributed by atoms with E-state index in [0.29, 0.717) is 11.1 Å². The second-order valence-electron chi connectivity index (χ2n) is 4.29. The Morgan fingerprint density at radius 2 is 1.79 bits per heavy atom. The van der Waals surface area contributed by atoms with Crippen molar-refractivity contribution in [2.45, 2.75) is 6.10 Å². The van der Waals surface area contributed by atoms with E-state index in [0.717, 1.165) is 11.1 Å². The summed E-state index contributed by atoms with van der Waals surface area (Å²) in [5, 5.41) is 8.99. The first-order valence-electron chi connectivity index (χ1n) is 5.80. The first kappa shape index (κ1) is 11.5. The van der Waals surface area contributed by atoms with Crippen molar-refractivity contribution in [3.8, 4) is 11.1 Å². The lowest BCUT2D eigenvalue weighted by Crippen LogP contribution is -2.10. The van der Waals surface area contributed by atoms with E-state index >= 15 is 0 Å². The lowest BCUT2D eigenvalue weighted by molar-refractivity contribution is -0.146. The van der Waals surface area contributed by atoms with Gasteiger partial charge in [-0.2, -0.15) is 0 Å². The average Bonchev–Trinajstić information content (AvgIpc) is 2.77. The van der Waals surface area contributed by atoms with Gasteiger partial charge in [-0.1, -0.05) is 42.5 Å². The Hall–Kier alpha value is -2.62. The highest BCUT2D eigenvalue weighted by atomic mass is 16.6. The van der Waals surface area contributed by atoms with Crippen LogP contribution in [0.1, 0.15) is 22.0 Å². The summed E-state index contributed by atoms with van der Waals surface area (Å²) < 4.78 is 4.85. The molecule has 1 heterocycles. The molecule has 2 aromatic rings. The number of carboxylic acids is 1. The maximum Gasteiger partial charge on any atom is 0.349 e. The molecular weight excluding hydrogens is 244 g/mol. The highest BCUT2D eigenvalue weighted by molar-refractivity contribution is 5.99. The van der Waals surface area contributed by atoms with Crippen LogP contribution in [0.25, 0.3) is 11.1 Å². The second-order valence-corrected chi connectivity index (χ2v) is 4.29. The van der Waals surface area contributed by atoms with E-state index < -0.39 is 18.0 Å². The Bertz CT molecular complexity index is 661. The standard InChI is InChI=1S/C15H10O4/c16-14(17)13-11-7-6-10(8-12(11)15(18)19-13)9-4-2-1-3-5-9/h1-8,13H,(H,16,17)/t13-/m0/s1. The zero-order valence-electron chi connectivity index (χ0n) is 9.87. The molecule has 0 spiro atoms. The molecule has 0 radical (unpaired) electrons. The van der Waals surface area contributed by atoms with Crippen LogP contribution in [0.2, 0.25) is 0 Å². The van der Waals surface area contributed by atoms with Crippen LogP contribution in [-0.2, 0) is 9.53 Å². The molecule has 1 atom stereocenters. The summed E-state index contributed by atoms with van der Waals surface area (Å²) in [6.07, 6.45) is -1.19. The Morgan fingerprint density at radius 1 is 1.05 bits per heavy atom. The zero-order chi connectivity index (χ0) is 13.4. The topological polar surface area (TPSA) is 63.6 Å². The molecule has 0 amide bonds. The SMILES string of the molecule is O=C1O[C@H](C(=O)O)c2ccc(-c3ccccc3)cc21. The van der Waals surface area contributed by atoms with Gasteiger partial charge in [-0.15, -0.1) is 0 Å². The van der Waals surface area contributed by atoms with Gasteiger partial charge < -0.3 is 9.84 Å². The van der Waals surface area contributed by atoms with Crippen LogP contribution in [0.15, 0.2) is 48.5 Å². The third-order valence-corrected chi connectivity index (χ3v) is 3.11. The van der Waals surface area contributed by atoms with E-state index in [2.05, 4.69) is 0 Å². The molecule has 0 aliphatic carbocycles. The van der Waals surface area contributed by atoms with Crippen molar-refractivity contribution in [1.29, 1.82) is 0 Å². The summed E-state index contributed by atoms with van der Waals surface area (Å²) in [5.41, 5.74) is 2.57. The maximum absolute atomic E-state index is 11.7. The zero-order valence-corrected chi connectivity index (χ0v) is 9.87. The minimum atomic E-state index is -1.19. The van der Waals surface area contributed by atoms with Gasteiger partial charge >= 0.3 is 11.9 Å². The third kappa shape index (κ3) is 1.87. The van der Waals surface area contributed by atoms with E-state index in [1.807, 2.05) is 30.3 Å². The number of carbonyl (C=O) groups excluding carboxylic acids is 1. The van der Waals surface area contributed by atoms with Crippen molar-refractivity contribution >= 4 is 11.9 Å². The molecule has 19 heavy (non-hydrogen) atoms. The summed E-state index contributed by atoms with van der Waals surface area (Å²) in [4.78, 5) is 22.7. The average molecular weight is 254 g/mol. The number of ether oxygens (including phenoxy) is 1. The number of carboxylic acid groups (broad SMARTS) is 1. The van der Waals surface area contributed by atoms with E-state index in [4.69, 9.17) is 9.84 Å². The molecule has 4 heteroatoms. The maximum atomic E-state index is 11.7. The van der Waals surface area contributed by atoms with E-state index in [1.165, 1.54) is 0 Å². The van der Waals surface area contributed by atoms with Crippen LogP contribution >= 0.6 is 0 Å². The number of aliphatic carboxylic acids is 1. The molecule has 0 bridgehead atoms. The number of carbonyl (C=O) groups is 2. The molecule has 94 valence electrons. The fraction of sp³-hybridized carbons (Fsp3) is 0.0667. The van der Waals surface area contributed by atoms with Crippen LogP contribution < -0.4 is 0 Å². The smallest absolute Gasteiger partial charge is 0.349 e. The van der Waals surface area contributed by atoms with E-state index in [9.17, 15) is 9.59 Å². The highest BCUT2D eigenvalue weighted by Gasteiger charge is 2.36. The molecule has 4 nitrogen and oxygen atoms in total. The summed E-state index contributed by atoms with van der Waals surface area (Å²) in [6, 6.07) is 14.7. The fourth-order valence-corrected chi connectivity index (χ4v) is 2.19. The normalized spacial score (nSPS) is 16.8. The number of esters is 1. The van der Waals surface area contributed by atoms with Gasteiger partial charge in [0.05, 0.1) is 5.56 Å². The van der Waals surface area contributed by atoms with Gasteiger partial charge in [-0.3, -0.25) is 0 Å². The Balaban J connectivity index is 2.09. The largest absolute Gasteiger partial charge is 0.478 e. The second kappa shape index (κ2) is 4.24. The Morgan fingerprint density at radius 3 is 2.47 bits per heavy atom. The Kier molecular flexibility index (Phi) is 2.56. The molecule has 2 aromatic carbocycles. The molecule has 0 aromatic heterocycles. The van der Waals surface area contributed by atoms with Crippen molar-refractivity contribution in [3.63, 3.8) is 0 Å². The number of hydrogen-bond donors (Lipinski definition) is 1. The van der Waals surface area contributed by atoms with Crippen molar-refractivity contribution < 1.29 is 19.4 Å². The molecule has 3 rings (SSSR count). The number of fused-ring (bicyclic) bond motifs is 1. The van der Waals surface area contributed by atoms with Crippen molar-refractivity contribution in [1.82, 2.24) is 0 Å². The van der Waals surface area contributed by atoms with Crippen LogP contribution in [0.5, 0.6) is 0 Å². The third-order valence-electron chi connectivity index (χ3n) is 3.11. The molecule has 0 saturated heterocycles. The minimum absolute atomic E-state index is 0.328. The molecule has 0 unspecified atom stereocenters. The molecule has 1 aliphatic heterocycles. The predicted molar refractivity (Wildman–Crippen MR) is 67.7 cm³/mol. The van der Waals surface area contributed by atoms with Crippen LogP contribution in [0, 0.1) is 0 Å². The molecule has 0 saturated carbocycles. The summed E-state index contributed by atoms with van der Waals surface area (Å²) in [6.45, 7) is 0. The molecule has 0 fully saturated rings. The first-order valence-corrected chi connectivity index (χ1v) is 5.80. The van der Waals surface area contributed by atoms with Crippen molar-refractivity contribution in [2.24, 2.45) is 0 Å². The van der Waals surface area contributed by atoms with E-state index in [-0.39, 0.29) is 0 Å². The van der Waals surface area contributed by atoms with Crippen LogP contribution in [0.3, 0.4) is 0 Å². The number of benzene rings is 2. The fourth-order valence-electron chi connectivity index (χ4n) is 2.19. The molecule has 1 N–H and O–H groups in total. The van der Waals surface area contributed by atoms with Crippen molar-refractivity contribution in [2.75, 3.05) is 0 Å². The number of rotatable bonds is 2.